The highest BCUT2D eigenvalue weighted by Crippen LogP contribution is 2.34. The van der Waals surface area contributed by atoms with E-state index in [1.54, 1.807) is 6.07 Å². The Kier molecular flexibility index (Phi) is 6.49. The molecule has 0 aliphatic carbocycles. The molecule has 0 atom stereocenters. The molecule has 0 aliphatic heterocycles. The zero-order valence-electron chi connectivity index (χ0n) is 20.8. The fourth-order valence-corrected chi connectivity index (χ4v) is 3.98. The number of ether oxygens (including phenoxy) is 1. The van der Waals surface area contributed by atoms with Crippen molar-refractivity contribution in [1.82, 2.24) is 15.2 Å². The predicted molar refractivity (Wildman–Crippen MR) is 136 cm³/mol. The normalized spacial score (nSPS) is 11.5. The van der Waals surface area contributed by atoms with Crippen molar-refractivity contribution in [3.8, 4) is 11.5 Å². The Bertz CT molecular complexity index is 1460. The van der Waals surface area contributed by atoms with Crippen molar-refractivity contribution in [2.45, 2.75) is 46.5 Å². The molecule has 0 saturated heterocycles. The van der Waals surface area contributed by atoms with Crippen LogP contribution in [-0.4, -0.2) is 27.0 Å². The topological polar surface area (TPSA) is 123 Å². The molecule has 2 amide bonds. The summed E-state index contributed by atoms with van der Waals surface area (Å²) >= 11 is 0. The van der Waals surface area contributed by atoms with Crippen LogP contribution in [0.25, 0.3) is 10.9 Å². The number of aromatic nitrogens is 3. The first kappa shape index (κ1) is 24.8. The number of primary amides is 1. The molecule has 0 bridgehead atoms. The summed E-state index contributed by atoms with van der Waals surface area (Å²) in [6.07, 6.45) is 1.67. The Balaban J connectivity index is 1.55. The molecule has 36 heavy (non-hydrogen) atoms. The highest BCUT2D eigenvalue weighted by Gasteiger charge is 2.18. The van der Waals surface area contributed by atoms with Gasteiger partial charge >= 0.3 is 0 Å². The number of H-pyrrole nitrogens is 1. The Morgan fingerprint density at radius 2 is 1.81 bits per heavy atom. The summed E-state index contributed by atoms with van der Waals surface area (Å²) < 4.78 is 20.4. The zero-order valence-corrected chi connectivity index (χ0v) is 20.8. The minimum absolute atomic E-state index is 0.101. The van der Waals surface area contributed by atoms with E-state index in [-0.39, 0.29) is 23.3 Å². The monoisotopic (exact) mass is 489 g/mol. The molecular weight excluding hydrogens is 461 g/mol. The number of rotatable bonds is 6. The lowest BCUT2D eigenvalue weighted by molar-refractivity contribution is -0.115. The van der Waals surface area contributed by atoms with Gasteiger partial charge in [0.05, 0.1) is 17.5 Å². The summed E-state index contributed by atoms with van der Waals surface area (Å²) in [4.78, 5) is 28.4. The number of carbonyl (C=O) groups excluding carboxylic acids is 2. The Labute approximate surface area is 208 Å². The van der Waals surface area contributed by atoms with Gasteiger partial charge in [0.1, 0.15) is 17.3 Å². The van der Waals surface area contributed by atoms with Crippen LogP contribution in [0.15, 0.2) is 42.6 Å². The van der Waals surface area contributed by atoms with Gasteiger partial charge in [0.25, 0.3) is 5.91 Å². The molecule has 4 rings (SSSR count). The van der Waals surface area contributed by atoms with Crippen LogP contribution in [0.2, 0.25) is 0 Å². The number of carbonyl (C=O) groups is 2. The Morgan fingerprint density at radius 3 is 2.42 bits per heavy atom. The number of pyridine rings is 1. The largest absolute Gasteiger partial charge is 0.456 e. The molecule has 4 N–H and O–H groups in total. The third-order valence-corrected chi connectivity index (χ3v) is 5.81. The van der Waals surface area contributed by atoms with Gasteiger partial charge in [-0.15, -0.1) is 0 Å². The molecule has 2 aromatic heterocycles. The van der Waals surface area contributed by atoms with E-state index in [9.17, 15) is 14.0 Å². The van der Waals surface area contributed by atoms with Gasteiger partial charge < -0.3 is 15.8 Å². The third kappa shape index (κ3) is 5.19. The van der Waals surface area contributed by atoms with E-state index < -0.39 is 11.7 Å². The van der Waals surface area contributed by atoms with Crippen LogP contribution in [0.3, 0.4) is 0 Å². The molecule has 0 aliphatic rings. The fraction of sp³-hybridized carbons (Fsp3) is 0.259. The summed E-state index contributed by atoms with van der Waals surface area (Å²) in [5.74, 6) is -0.306. The standard InChI is InChI=1S/C27H28FN5O3/c1-14-8-16(10-24(34)31-23-13-22(32-33-23)27(3,4)5)9-15(2)25(14)36-21-6-7-30-20-12-19(28)17(26(29)35)11-18(20)21/h6-9,11-13H,10H2,1-5H3,(H2,29,35)(H2,31,32,33,34). The van der Waals surface area contributed by atoms with E-state index in [1.807, 2.05) is 32.0 Å². The number of hydrogen-bond acceptors (Lipinski definition) is 5. The molecule has 186 valence electrons. The van der Waals surface area contributed by atoms with Gasteiger partial charge in [0, 0.05) is 34.8 Å². The second-order valence-electron chi connectivity index (χ2n) is 9.83. The fourth-order valence-electron chi connectivity index (χ4n) is 3.98. The number of halogens is 1. The molecule has 0 saturated carbocycles. The van der Waals surface area contributed by atoms with Crippen LogP contribution in [0.1, 0.15) is 53.5 Å². The summed E-state index contributed by atoms with van der Waals surface area (Å²) in [5, 5.41) is 10.4. The number of fused-ring (bicyclic) bond motifs is 1. The smallest absolute Gasteiger partial charge is 0.251 e. The molecule has 2 heterocycles. The number of hydrogen-bond donors (Lipinski definition) is 3. The van der Waals surface area contributed by atoms with Crippen molar-refractivity contribution < 1.29 is 18.7 Å². The van der Waals surface area contributed by atoms with Gasteiger partial charge in [0.15, 0.2) is 5.82 Å². The van der Waals surface area contributed by atoms with Crippen molar-refractivity contribution in [1.29, 1.82) is 0 Å². The lowest BCUT2D eigenvalue weighted by Crippen LogP contribution is -2.15. The van der Waals surface area contributed by atoms with E-state index >= 15 is 0 Å². The number of aromatic amines is 1. The molecule has 0 radical (unpaired) electrons. The molecule has 2 aromatic carbocycles. The molecule has 0 unspecified atom stereocenters. The van der Waals surface area contributed by atoms with Crippen molar-refractivity contribution in [3.05, 3.63) is 76.4 Å². The summed E-state index contributed by atoms with van der Waals surface area (Å²) in [6.45, 7) is 9.94. The first-order valence-corrected chi connectivity index (χ1v) is 11.4. The van der Waals surface area contributed by atoms with Gasteiger partial charge in [-0.1, -0.05) is 32.9 Å². The molecule has 0 spiro atoms. The van der Waals surface area contributed by atoms with Crippen molar-refractivity contribution in [2.24, 2.45) is 5.73 Å². The minimum atomic E-state index is -0.872. The summed E-state index contributed by atoms with van der Waals surface area (Å²) in [5.41, 5.74) is 8.69. The van der Waals surface area contributed by atoms with Crippen LogP contribution in [-0.2, 0) is 16.6 Å². The molecule has 9 heteroatoms. The van der Waals surface area contributed by atoms with Gasteiger partial charge in [-0.25, -0.2) is 4.39 Å². The van der Waals surface area contributed by atoms with Gasteiger partial charge in [-0.05, 0) is 42.7 Å². The average Bonchev–Trinajstić information content (AvgIpc) is 3.24. The first-order valence-electron chi connectivity index (χ1n) is 11.4. The number of anilines is 1. The number of nitrogens with zero attached hydrogens (tertiary/aromatic N) is 2. The van der Waals surface area contributed by atoms with Crippen LogP contribution >= 0.6 is 0 Å². The van der Waals surface area contributed by atoms with E-state index in [2.05, 4.69) is 41.3 Å². The van der Waals surface area contributed by atoms with E-state index in [1.165, 1.54) is 12.3 Å². The maximum absolute atomic E-state index is 14.2. The number of amides is 2. The SMILES string of the molecule is Cc1cc(CC(=O)Nc2cc(C(C)(C)C)[nH]n2)cc(C)c1Oc1ccnc2cc(F)c(C(N)=O)cc12. The molecular formula is C27H28FN5O3. The minimum Gasteiger partial charge on any atom is -0.456 e. The Morgan fingerprint density at radius 1 is 1.11 bits per heavy atom. The molecule has 0 fully saturated rings. The maximum Gasteiger partial charge on any atom is 0.251 e. The highest BCUT2D eigenvalue weighted by atomic mass is 19.1. The molecule has 4 aromatic rings. The van der Waals surface area contributed by atoms with Crippen molar-refractivity contribution >= 4 is 28.5 Å². The lowest BCUT2D eigenvalue weighted by Gasteiger charge is -2.15. The first-order chi connectivity index (χ1) is 16.9. The lowest BCUT2D eigenvalue weighted by atomic mass is 9.92. The van der Waals surface area contributed by atoms with E-state index in [4.69, 9.17) is 10.5 Å². The van der Waals surface area contributed by atoms with Crippen LogP contribution in [0.4, 0.5) is 10.2 Å². The number of aryl methyl sites for hydroxylation is 2. The third-order valence-electron chi connectivity index (χ3n) is 5.81. The Hall–Kier alpha value is -4.27. The van der Waals surface area contributed by atoms with Crippen molar-refractivity contribution in [2.75, 3.05) is 5.32 Å². The molecule has 8 nitrogen and oxygen atoms in total. The van der Waals surface area contributed by atoms with Gasteiger partial charge in [-0.3, -0.25) is 19.7 Å². The van der Waals surface area contributed by atoms with Gasteiger partial charge in [-0.2, -0.15) is 5.10 Å². The number of benzene rings is 2. The van der Waals surface area contributed by atoms with Crippen LogP contribution < -0.4 is 15.8 Å². The second kappa shape index (κ2) is 9.41. The van der Waals surface area contributed by atoms with Crippen molar-refractivity contribution in [3.63, 3.8) is 0 Å². The average molecular weight is 490 g/mol. The summed E-state index contributed by atoms with van der Waals surface area (Å²) in [7, 11) is 0. The number of nitrogens with two attached hydrogens (primary N) is 1. The quantitative estimate of drug-likeness (QED) is 0.348. The highest BCUT2D eigenvalue weighted by molar-refractivity contribution is 5.98. The van der Waals surface area contributed by atoms with E-state index in [0.717, 1.165) is 28.5 Å². The predicted octanol–water partition coefficient (Wildman–Crippen LogP) is 5.08. The number of nitrogens with one attached hydrogen (secondary N) is 2. The maximum atomic E-state index is 14.2. The zero-order chi connectivity index (χ0) is 26.2. The van der Waals surface area contributed by atoms with E-state index in [0.29, 0.717) is 28.2 Å². The summed E-state index contributed by atoms with van der Waals surface area (Å²) in [6, 6.07) is 9.74. The van der Waals surface area contributed by atoms with Crippen LogP contribution in [0, 0.1) is 19.7 Å². The van der Waals surface area contributed by atoms with Gasteiger partial charge in [0.2, 0.25) is 5.91 Å². The second-order valence-corrected chi connectivity index (χ2v) is 9.83. The van der Waals surface area contributed by atoms with Crippen LogP contribution in [0.5, 0.6) is 11.5 Å².